The van der Waals surface area contributed by atoms with Crippen LogP contribution in [-0.4, -0.2) is 39.6 Å². The normalized spacial score (nSPS) is 12.4. The van der Waals surface area contributed by atoms with Gasteiger partial charge < -0.3 is 19.9 Å². The van der Waals surface area contributed by atoms with Gasteiger partial charge in [0, 0.05) is 26.2 Å². The van der Waals surface area contributed by atoms with Gasteiger partial charge in [-0.3, -0.25) is 0 Å². The molecule has 1 rings (SSSR count). The molecule has 1 aromatic carbocycles. The SMILES string of the molecule is COCCOCCCOc1c(Br)cc(CC(C)N)cc1Br. The van der Waals surface area contributed by atoms with E-state index in [0.717, 1.165) is 27.5 Å². The maximum atomic E-state index is 5.83. The summed E-state index contributed by atoms with van der Waals surface area (Å²) in [6, 6.07) is 4.25. The zero-order valence-electron chi connectivity index (χ0n) is 12.5. The second-order valence-corrected chi connectivity index (χ2v) is 6.59. The molecule has 0 bridgehead atoms. The van der Waals surface area contributed by atoms with Crippen molar-refractivity contribution in [3.63, 3.8) is 0 Å². The summed E-state index contributed by atoms with van der Waals surface area (Å²) in [5.41, 5.74) is 7.01. The number of rotatable bonds is 10. The Kier molecular flexibility index (Phi) is 9.51. The Labute approximate surface area is 143 Å². The third-order valence-corrected chi connectivity index (χ3v) is 3.91. The Balaban J connectivity index is 2.41. The van der Waals surface area contributed by atoms with Gasteiger partial charge in [0.2, 0.25) is 0 Å². The van der Waals surface area contributed by atoms with Crippen molar-refractivity contribution >= 4 is 31.9 Å². The summed E-state index contributed by atoms with van der Waals surface area (Å²) in [7, 11) is 1.66. The summed E-state index contributed by atoms with van der Waals surface area (Å²) < 4.78 is 18.0. The van der Waals surface area contributed by atoms with Crippen LogP contribution in [0.15, 0.2) is 21.1 Å². The molecule has 0 heterocycles. The van der Waals surface area contributed by atoms with E-state index in [4.69, 9.17) is 19.9 Å². The topological polar surface area (TPSA) is 53.7 Å². The van der Waals surface area contributed by atoms with E-state index < -0.39 is 0 Å². The highest BCUT2D eigenvalue weighted by Gasteiger charge is 2.10. The smallest absolute Gasteiger partial charge is 0.147 e. The molecule has 1 unspecified atom stereocenters. The quantitative estimate of drug-likeness (QED) is 0.583. The van der Waals surface area contributed by atoms with Crippen molar-refractivity contribution in [1.82, 2.24) is 0 Å². The van der Waals surface area contributed by atoms with E-state index in [1.807, 2.05) is 6.92 Å². The molecule has 4 nitrogen and oxygen atoms in total. The van der Waals surface area contributed by atoms with Gasteiger partial charge in [-0.1, -0.05) is 0 Å². The van der Waals surface area contributed by atoms with Gasteiger partial charge >= 0.3 is 0 Å². The lowest BCUT2D eigenvalue weighted by molar-refractivity contribution is 0.0643. The van der Waals surface area contributed by atoms with E-state index in [-0.39, 0.29) is 6.04 Å². The number of ether oxygens (including phenoxy) is 3. The summed E-state index contributed by atoms with van der Waals surface area (Å²) in [5, 5.41) is 0. The monoisotopic (exact) mass is 423 g/mol. The van der Waals surface area contributed by atoms with Crippen LogP contribution < -0.4 is 10.5 Å². The van der Waals surface area contributed by atoms with Crippen LogP contribution in [0.1, 0.15) is 18.9 Å². The van der Waals surface area contributed by atoms with Crippen molar-refractivity contribution in [2.45, 2.75) is 25.8 Å². The van der Waals surface area contributed by atoms with Crippen molar-refractivity contribution in [2.24, 2.45) is 5.73 Å². The fourth-order valence-electron chi connectivity index (χ4n) is 1.82. The van der Waals surface area contributed by atoms with Crippen LogP contribution in [0.25, 0.3) is 0 Å². The van der Waals surface area contributed by atoms with Gasteiger partial charge in [0.15, 0.2) is 0 Å². The summed E-state index contributed by atoms with van der Waals surface area (Å²) >= 11 is 7.10. The highest BCUT2D eigenvalue weighted by Crippen LogP contribution is 2.35. The number of benzene rings is 1. The van der Waals surface area contributed by atoms with E-state index >= 15 is 0 Å². The minimum atomic E-state index is 0.139. The van der Waals surface area contributed by atoms with Crippen LogP contribution in [0.3, 0.4) is 0 Å². The lowest BCUT2D eigenvalue weighted by Gasteiger charge is -2.13. The molecule has 0 aliphatic rings. The molecule has 0 aliphatic heterocycles. The first-order valence-electron chi connectivity index (χ1n) is 6.97. The minimum Gasteiger partial charge on any atom is -0.491 e. The Hall–Kier alpha value is -0.140. The molecule has 0 saturated heterocycles. The van der Waals surface area contributed by atoms with Crippen molar-refractivity contribution in [3.8, 4) is 5.75 Å². The zero-order chi connectivity index (χ0) is 15.7. The first-order chi connectivity index (χ1) is 10.0. The lowest BCUT2D eigenvalue weighted by atomic mass is 10.1. The fraction of sp³-hybridized carbons (Fsp3) is 0.600. The number of hydrogen-bond acceptors (Lipinski definition) is 4. The predicted octanol–water partition coefficient (Wildman–Crippen LogP) is 3.53. The average Bonchev–Trinajstić information content (AvgIpc) is 2.39. The molecule has 0 spiro atoms. The van der Waals surface area contributed by atoms with E-state index in [9.17, 15) is 0 Å². The minimum absolute atomic E-state index is 0.139. The van der Waals surface area contributed by atoms with E-state index in [1.165, 1.54) is 5.56 Å². The van der Waals surface area contributed by atoms with E-state index in [1.54, 1.807) is 7.11 Å². The van der Waals surface area contributed by atoms with Gasteiger partial charge in [-0.25, -0.2) is 0 Å². The molecule has 0 saturated carbocycles. The molecule has 120 valence electrons. The van der Waals surface area contributed by atoms with Gasteiger partial charge in [0.25, 0.3) is 0 Å². The van der Waals surface area contributed by atoms with Gasteiger partial charge in [-0.2, -0.15) is 0 Å². The standard InChI is InChI=1S/C15H23Br2NO3/c1-11(18)8-12-9-13(16)15(14(17)10-12)21-5-3-4-20-7-6-19-2/h9-11H,3-8,18H2,1-2H3. The van der Waals surface area contributed by atoms with Crippen molar-refractivity contribution in [1.29, 1.82) is 0 Å². The number of methoxy groups -OCH3 is 1. The third-order valence-electron chi connectivity index (χ3n) is 2.73. The van der Waals surface area contributed by atoms with Crippen LogP contribution in [-0.2, 0) is 15.9 Å². The summed E-state index contributed by atoms with van der Waals surface area (Å²) in [6.45, 7) is 4.52. The highest BCUT2D eigenvalue weighted by atomic mass is 79.9. The molecule has 6 heteroatoms. The first kappa shape index (κ1) is 18.9. The number of nitrogens with two attached hydrogens (primary N) is 1. The first-order valence-corrected chi connectivity index (χ1v) is 8.56. The molecule has 0 amide bonds. The van der Waals surface area contributed by atoms with Crippen molar-refractivity contribution in [2.75, 3.05) is 33.5 Å². The summed E-state index contributed by atoms with van der Waals surface area (Å²) in [6.07, 6.45) is 1.68. The van der Waals surface area contributed by atoms with Crippen LogP contribution >= 0.6 is 31.9 Å². The molecule has 0 fully saturated rings. The van der Waals surface area contributed by atoms with Crippen molar-refractivity contribution < 1.29 is 14.2 Å². The van der Waals surface area contributed by atoms with Crippen molar-refractivity contribution in [3.05, 3.63) is 26.6 Å². The Morgan fingerprint density at radius 3 is 2.33 bits per heavy atom. The average molecular weight is 425 g/mol. The highest BCUT2D eigenvalue weighted by molar-refractivity contribution is 9.11. The summed E-state index contributed by atoms with van der Waals surface area (Å²) in [5.74, 6) is 0.820. The zero-order valence-corrected chi connectivity index (χ0v) is 15.7. The second kappa shape index (κ2) is 10.6. The predicted molar refractivity (Wildman–Crippen MR) is 92.0 cm³/mol. The maximum Gasteiger partial charge on any atom is 0.147 e. The summed E-state index contributed by atoms with van der Waals surface area (Å²) in [4.78, 5) is 0. The Morgan fingerprint density at radius 1 is 1.10 bits per heavy atom. The van der Waals surface area contributed by atoms with E-state index in [0.29, 0.717) is 26.4 Å². The molecule has 0 radical (unpaired) electrons. The van der Waals surface area contributed by atoms with Crippen LogP contribution in [0.2, 0.25) is 0 Å². The molecule has 1 atom stereocenters. The van der Waals surface area contributed by atoms with E-state index in [2.05, 4.69) is 44.0 Å². The Bertz CT molecular complexity index is 404. The lowest BCUT2D eigenvalue weighted by Crippen LogP contribution is -2.17. The molecular weight excluding hydrogens is 402 g/mol. The molecular formula is C15H23Br2NO3. The molecule has 0 aromatic heterocycles. The van der Waals surface area contributed by atoms with Crippen LogP contribution in [0.4, 0.5) is 0 Å². The van der Waals surface area contributed by atoms with Crippen LogP contribution in [0, 0.1) is 0 Å². The number of halogens is 2. The maximum absolute atomic E-state index is 5.83. The molecule has 2 N–H and O–H groups in total. The van der Waals surface area contributed by atoms with Gasteiger partial charge in [-0.05, 0) is 62.9 Å². The number of hydrogen-bond donors (Lipinski definition) is 1. The van der Waals surface area contributed by atoms with Gasteiger partial charge in [0.05, 0.1) is 28.8 Å². The molecule has 0 aliphatic carbocycles. The van der Waals surface area contributed by atoms with Gasteiger partial charge in [0.1, 0.15) is 5.75 Å². The largest absolute Gasteiger partial charge is 0.491 e. The fourth-order valence-corrected chi connectivity index (χ4v) is 3.33. The third kappa shape index (κ3) is 7.61. The Morgan fingerprint density at radius 2 is 1.76 bits per heavy atom. The molecule has 21 heavy (non-hydrogen) atoms. The second-order valence-electron chi connectivity index (χ2n) is 4.88. The van der Waals surface area contributed by atoms with Gasteiger partial charge in [-0.15, -0.1) is 0 Å². The van der Waals surface area contributed by atoms with Crippen LogP contribution in [0.5, 0.6) is 5.75 Å². The molecule has 1 aromatic rings.